The molecule has 0 spiro atoms. The molecule has 1 N–H and O–H groups in total. The molecule has 1 fully saturated rings. The molecule has 6 heteroatoms. The van der Waals surface area contributed by atoms with Crippen LogP contribution in [0.2, 0.25) is 0 Å². The highest BCUT2D eigenvalue weighted by atomic mass is 32.2. The van der Waals surface area contributed by atoms with Gasteiger partial charge in [-0.1, -0.05) is 18.2 Å². The summed E-state index contributed by atoms with van der Waals surface area (Å²) in [6.07, 6.45) is 0.761. The number of para-hydroxylation sites is 1. The molecule has 0 aliphatic carbocycles. The maximum atomic E-state index is 11.5. The van der Waals surface area contributed by atoms with Crippen molar-refractivity contribution in [1.82, 2.24) is 15.2 Å². The molecule has 1 aromatic carbocycles. The summed E-state index contributed by atoms with van der Waals surface area (Å²) >= 11 is 1.65. The van der Waals surface area contributed by atoms with Gasteiger partial charge in [0.1, 0.15) is 0 Å². The van der Waals surface area contributed by atoms with Gasteiger partial charge in [-0.25, -0.2) is 9.78 Å². The third-order valence-electron chi connectivity index (χ3n) is 3.61. The molecule has 0 unspecified atom stereocenters. The van der Waals surface area contributed by atoms with Gasteiger partial charge < -0.3 is 5.32 Å². The molecule has 0 saturated carbocycles. The smallest absolute Gasteiger partial charge is 0.324 e. The number of urea groups is 1. The lowest BCUT2D eigenvalue weighted by molar-refractivity contribution is -0.124. The molecule has 1 aliphatic heterocycles. The first-order valence-corrected chi connectivity index (χ1v) is 8.21. The molecule has 1 aromatic heterocycles. The monoisotopic (exact) mass is 315 g/mol. The van der Waals surface area contributed by atoms with Crippen LogP contribution in [0.5, 0.6) is 0 Å². The minimum atomic E-state index is -0.283. The van der Waals surface area contributed by atoms with Gasteiger partial charge in [0.25, 0.3) is 0 Å². The number of fused-ring (bicyclic) bond motifs is 1. The van der Waals surface area contributed by atoms with Gasteiger partial charge in [-0.2, -0.15) is 0 Å². The average Bonchev–Trinajstić information content (AvgIpc) is 2.83. The van der Waals surface area contributed by atoms with Crippen LogP contribution in [0.25, 0.3) is 10.9 Å². The van der Waals surface area contributed by atoms with Crippen molar-refractivity contribution < 1.29 is 9.59 Å². The molecule has 2 heterocycles. The molecular formula is C16H17N3O2S. The second-order valence-electron chi connectivity index (χ2n) is 5.20. The van der Waals surface area contributed by atoms with Crippen molar-refractivity contribution in [2.75, 3.05) is 18.8 Å². The summed E-state index contributed by atoms with van der Waals surface area (Å²) < 4.78 is 0. The third kappa shape index (κ3) is 3.06. The number of hydrogen-bond acceptors (Lipinski definition) is 4. The van der Waals surface area contributed by atoms with Gasteiger partial charge in [0, 0.05) is 17.7 Å². The summed E-state index contributed by atoms with van der Waals surface area (Å²) in [5.74, 6) is 0.677. The number of amides is 3. The largest absolute Gasteiger partial charge is 0.329 e. The second-order valence-corrected chi connectivity index (χ2v) is 6.32. The van der Waals surface area contributed by atoms with E-state index in [-0.39, 0.29) is 18.5 Å². The molecule has 0 atom stereocenters. The van der Waals surface area contributed by atoms with Crippen LogP contribution in [-0.2, 0) is 4.79 Å². The van der Waals surface area contributed by atoms with Crippen LogP contribution in [-0.4, -0.2) is 40.7 Å². The molecular weight excluding hydrogens is 298 g/mol. The van der Waals surface area contributed by atoms with Crippen LogP contribution in [0.15, 0.2) is 35.4 Å². The maximum absolute atomic E-state index is 11.5. The third-order valence-corrected chi connectivity index (χ3v) is 4.61. The van der Waals surface area contributed by atoms with Gasteiger partial charge in [0.15, 0.2) is 0 Å². The van der Waals surface area contributed by atoms with Crippen LogP contribution in [0.4, 0.5) is 4.79 Å². The number of aromatic nitrogens is 1. The Morgan fingerprint density at radius 2 is 2.14 bits per heavy atom. The molecule has 0 bridgehead atoms. The van der Waals surface area contributed by atoms with Crippen LogP contribution < -0.4 is 5.32 Å². The van der Waals surface area contributed by atoms with Gasteiger partial charge in [0.2, 0.25) is 5.91 Å². The number of rotatable bonds is 5. The van der Waals surface area contributed by atoms with E-state index in [0.29, 0.717) is 6.54 Å². The van der Waals surface area contributed by atoms with Crippen molar-refractivity contribution in [1.29, 1.82) is 0 Å². The lowest BCUT2D eigenvalue weighted by Crippen LogP contribution is -2.32. The number of imide groups is 1. The van der Waals surface area contributed by atoms with Crippen molar-refractivity contribution in [2.24, 2.45) is 0 Å². The minimum Gasteiger partial charge on any atom is -0.329 e. The van der Waals surface area contributed by atoms with Crippen molar-refractivity contribution in [3.05, 3.63) is 35.9 Å². The summed E-state index contributed by atoms with van der Waals surface area (Å²) in [4.78, 5) is 28.8. The predicted molar refractivity (Wildman–Crippen MR) is 86.9 cm³/mol. The van der Waals surface area contributed by atoms with E-state index in [0.717, 1.165) is 22.7 Å². The van der Waals surface area contributed by atoms with E-state index in [9.17, 15) is 9.59 Å². The fraction of sp³-hybridized carbons (Fsp3) is 0.312. The van der Waals surface area contributed by atoms with Crippen molar-refractivity contribution >= 4 is 34.6 Å². The number of nitrogens with one attached hydrogen (secondary N) is 1. The van der Waals surface area contributed by atoms with Crippen LogP contribution >= 0.6 is 11.8 Å². The number of pyridine rings is 1. The van der Waals surface area contributed by atoms with Gasteiger partial charge in [-0.3, -0.25) is 9.69 Å². The summed E-state index contributed by atoms with van der Waals surface area (Å²) in [6.45, 7) is 2.67. The highest BCUT2D eigenvalue weighted by molar-refractivity contribution is 7.99. The van der Waals surface area contributed by atoms with E-state index < -0.39 is 0 Å². The van der Waals surface area contributed by atoms with Gasteiger partial charge in [-0.05, 0) is 31.0 Å². The first-order chi connectivity index (χ1) is 10.6. The number of carbonyl (C=O) groups is 2. The fourth-order valence-corrected chi connectivity index (χ4v) is 3.38. The van der Waals surface area contributed by atoms with Crippen LogP contribution in [0.3, 0.4) is 0 Å². The molecule has 3 rings (SSSR count). The second kappa shape index (κ2) is 6.36. The number of nitrogens with zero attached hydrogens (tertiary/aromatic N) is 2. The van der Waals surface area contributed by atoms with Crippen LogP contribution in [0, 0.1) is 6.92 Å². The molecule has 5 nitrogen and oxygen atoms in total. The topological polar surface area (TPSA) is 62.3 Å². The first kappa shape index (κ1) is 14.8. The predicted octanol–water partition coefficient (Wildman–Crippen LogP) is 2.58. The minimum absolute atomic E-state index is 0.122. The number of benzene rings is 1. The Morgan fingerprint density at radius 3 is 2.91 bits per heavy atom. The Balaban J connectivity index is 1.58. The highest BCUT2D eigenvalue weighted by Crippen LogP contribution is 2.24. The summed E-state index contributed by atoms with van der Waals surface area (Å²) in [7, 11) is 0. The number of aryl methyl sites for hydroxylation is 1. The molecule has 3 amide bonds. The van der Waals surface area contributed by atoms with E-state index in [1.165, 1.54) is 15.8 Å². The van der Waals surface area contributed by atoms with Gasteiger partial charge >= 0.3 is 6.03 Å². The van der Waals surface area contributed by atoms with E-state index in [2.05, 4.69) is 29.4 Å². The number of thioether (sulfide) groups is 1. The lowest BCUT2D eigenvalue weighted by atomic mass is 10.1. The summed E-state index contributed by atoms with van der Waals surface area (Å²) in [6, 6.07) is 9.89. The zero-order valence-electron chi connectivity index (χ0n) is 12.3. The van der Waals surface area contributed by atoms with E-state index in [1.54, 1.807) is 11.8 Å². The van der Waals surface area contributed by atoms with Crippen molar-refractivity contribution in [3.63, 3.8) is 0 Å². The quantitative estimate of drug-likeness (QED) is 0.523. The standard InChI is InChI=1S/C16H17N3O2S/c1-11-9-14(18-13-6-3-2-5-12(11)13)22-8-4-7-19-15(20)10-17-16(19)21/h2-3,5-6,9H,4,7-8,10H2,1H3,(H,17,21). The van der Waals surface area contributed by atoms with Crippen molar-refractivity contribution in [2.45, 2.75) is 18.4 Å². The fourth-order valence-electron chi connectivity index (χ4n) is 2.47. The van der Waals surface area contributed by atoms with Gasteiger partial charge in [0.05, 0.1) is 17.1 Å². The molecule has 1 saturated heterocycles. The van der Waals surface area contributed by atoms with E-state index in [1.807, 2.05) is 18.2 Å². The SMILES string of the molecule is Cc1cc(SCCCN2C(=O)CNC2=O)nc2ccccc12. The molecule has 2 aromatic rings. The Bertz CT molecular complexity index is 716. The lowest BCUT2D eigenvalue weighted by Gasteiger charge is -2.11. The number of carbonyl (C=O) groups excluding carboxylic acids is 2. The maximum Gasteiger partial charge on any atom is 0.324 e. The molecule has 0 radical (unpaired) electrons. The Hall–Kier alpha value is -2.08. The van der Waals surface area contributed by atoms with E-state index in [4.69, 9.17) is 0 Å². The highest BCUT2D eigenvalue weighted by Gasteiger charge is 2.27. The zero-order valence-corrected chi connectivity index (χ0v) is 13.2. The Kier molecular flexibility index (Phi) is 4.29. The van der Waals surface area contributed by atoms with Crippen molar-refractivity contribution in [3.8, 4) is 0 Å². The zero-order chi connectivity index (χ0) is 15.5. The molecule has 22 heavy (non-hydrogen) atoms. The average molecular weight is 315 g/mol. The van der Waals surface area contributed by atoms with Gasteiger partial charge in [-0.15, -0.1) is 11.8 Å². The Morgan fingerprint density at radius 1 is 1.32 bits per heavy atom. The van der Waals surface area contributed by atoms with E-state index >= 15 is 0 Å². The number of hydrogen-bond donors (Lipinski definition) is 1. The van der Waals surface area contributed by atoms with Crippen LogP contribution in [0.1, 0.15) is 12.0 Å². The normalized spacial score (nSPS) is 14.7. The summed E-state index contributed by atoms with van der Waals surface area (Å²) in [5.41, 5.74) is 2.21. The summed E-state index contributed by atoms with van der Waals surface area (Å²) in [5, 5.41) is 4.68. The first-order valence-electron chi connectivity index (χ1n) is 7.22. The molecule has 1 aliphatic rings. The molecule has 114 valence electrons. The Labute approximate surface area is 133 Å².